The molecule has 0 bridgehead atoms. The van der Waals surface area contributed by atoms with Gasteiger partial charge in [-0.05, 0) is 32.0 Å². The van der Waals surface area contributed by atoms with Crippen molar-refractivity contribution in [2.24, 2.45) is 0 Å². The van der Waals surface area contributed by atoms with Gasteiger partial charge >= 0.3 is 0 Å². The molecule has 0 aliphatic carbocycles. The van der Waals surface area contributed by atoms with Crippen molar-refractivity contribution in [2.75, 3.05) is 19.5 Å². The first-order valence-electron chi connectivity index (χ1n) is 9.84. The number of fused-ring (bicyclic) bond motifs is 1. The number of aromatic nitrogens is 3. The van der Waals surface area contributed by atoms with Crippen molar-refractivity contribution < 1.29 is 23.5 Å². The third-order valence-corrected chi connectivity index (χ3v) is 5.01. The number of carbonyl (C=O) groups excluding carboxylic acids is 1. The molecule has 0 atom stereocenters. The van der Waals surface area contributed by atoms with Gasteiger partial charge in [0, 0.05) is 29.3 Å². The van der Waals surface area contributed by atoms with E-state index in [1.54, 1.807) is 38.6 Å². The van der Waals surface area contributed by atoms with Crippen LogP contribution >= 0.6 is 0 Å². The van der Waals surface area contributed by atoms with Crippen molar-refractivity contribution in [1.29, 1.82) is 0 Å². The molecule has 3 aromatic heterocycles. The molecule has 0 radical (unpaired) electrons. The Morgan fingerprint density at radius 3 is 2.59 bits per heavy atom. The molecule has 0 unspecified atom stereocenters. The minimum atomic E-state index is -0.282. The van der Waals surface area contributed by atoms with Crippen LogP contribution in [0.2, 0.25) is 0 Å². The van der Waals surface area contributed by atoms with Crippen molar-refractivity contribution in [3.63, 3.8) is 0 Å². The minimum Gasteiger partial charge on any atom is -0.497 e. The van der Waals surface area contributed by atoms with Crippen LogP contribution in [0.3, 0.4) is 0 Å². The lowest BCUT2D eigenvalue weighted by Crippen LogP contribution is -2.16. The van der Waals surface area contributed by atoms with Crippen LogP contribution in [0.25, 0.3) is 10.9 Å². The van der Waals surface area contributed by atoms with Crippen molar-refractivity contribution in [3.8, 4) is 23.0 Å². The van der Waals surface area contributed by atoms with Gasteiger partial charge in [0.15, 0.2) is 5.82 Å². The predicted octanol–water partition coefficient (Wildman–Crippen LogP) is 4.23. The summed E-state index contributed by atoms with van der Waals surface area (Å²) < 4.78 is 21.8. The van der Waals surface area contributed by atoms with Crippen molar-refractivity contribution in [2.45, 2.75) is 20.3 Å². The topological polar surface area (TPSA) is 109 Å². The fourth-order valence-electron chi connectivity index (χ4n) is 3.13. The monoisotopic (exact) mass is 434 g/mol. The van der Waals surface area contributed by atoms with Crippen LogP contribution < -0.4 is 19.5 Å². The van der Waals surface area contributed by atoms with Gasteiger partial charge in [0.2, 0.25) is 5.91 Å². The van der Waals surface area contributed by atoms with E-state index in [0.29, 0.717) is 40.3 Å². The number of hydrogen-bond donors (Lipinski definition) is 1. The Morgan fingerprint density at radius 1 is 1.03 bits per heavy atom. The van der Waals surface area contributed by atoms with E-state index in [1.807, 2.05) is 25.1 Å². The predicted molar refractivity (Wildman–Crippen MR) is 117 cm³/mol. The van der Waals surface area contributed by atoms with Gasteiger partial charge in [-0.1, -0.05) is 5.16 Å². The van der Waals surface area contributed by atoms with Crippen LogP contribution in [0.5, 0.6) is 23.0 Å². The van der Waals surface area contributed by atoms with Gasteiger partial charge < -0.3 is 24.1 Å². The molecule has 0 saturated carbocycles. The number of aryl methyl sites for hydroxylation is 1. The number of pyridine rings is 2. The molecule has 3 heterocycles. The summed E-state index contributed by atoms with van der Waals surface area (Å²) in [6, 6.07) is 9.02. The molecule has 9 heteroatoms. The lowest BCUT2D eigenvalue weighted by molar-refractivity contribution is -0.115. The van der Waals surface area contributed by atoms with E-state index >= 15 is 0 Å². The second kappa shape index (κ2) is 8.93. The Bertz CT molecular complexity index is 1280. The summed E-state index contributed by atoms with van der Waals surface area (Å²) in [7, 11) is 3.12. The summed E-state index contributed by atoms with van der Waals surface area (Å²) in [6.45, 7) is 3.61. The van der Waals surface area contributed by atoms with Crippen molar-refractivity contribution >= 4 is 22.6 Å². The Hall–Kier alpha value is -4.14. The number of anilines is 1. The molecule has 0 aliphatic rings. The first-order chi connectivity index (χ1) is 15.5. The van der Waals surface area contributed by atoms with Crippen molar-refractivity contribution in [1.82, 2.24) is 15.1 Å². The maximum atomic E-state index is 12.4. The molecule has 9 nitrogen and oxygen atoms in total. The Morgan fingerprint density at radius 2 is 1.88 bits per heavy atom. The highest BCUT2D eigenvalue weighted by Crippen LogP contribution is 2.32. The minimum absolute atomic E-state index is 0.00673. The molecule has 1 aromatic carbocycles. The van der Waals surface area contributed by atoms with E-state index in [0.717, 1.165) is 16.5 Å². The average molecular weight is 434 g/mol. The normalized spacial score (nSPS) is 10.8. The third-order valence-electron chi connectivity index (χ3n) is 5.01. The second-order valence-electron chi connectivity index (χ2n) is 7.05. The number of methoxy groups -OCH3 is 2. The van der Waals surface area contributed by atoms with Crippen LogP contribution in [0, 0.1) is 13.8 Å². The van der Waals surface area contributed by atoms with E-state index in [2.05, 4.69) is 20.4 Å². The maximum absolute atomic E-state index is 12.4. The molecule has 4 rings (SSSR count). The number of hydrogen-bond acceptors (Lipinski definition) is 8. The summed E-state index contributed by atoms with van der Waals surface area (Å²) in [5.41, 5.74) is 2.00. The SMILES string of the molecule is COc1ccc2c(Oc3cnc(CC(=O)Nc4noc(C)c4C)c(OC)c3)ccnc2c1. The van der Waals surface area contributed by atoms with Gasteiger partial charge in [0.05, 0.1) is 38.0 Å². The number of rotatable bonds is 7. The van der Waals surface area contributed by atoms with Gasteiger partial charge in [-0.25, -0.2) is 0 Å². The average Bonchev–Trinajstić information content (AvgIpc) is 3.11. The summed E-state index contributed by atoms with van der Waals surface area (Å²) >= 11 is 0. The fraction of sp³-hybridized carbons (Fsp3) is 0.217. The lowest BCUT2D eigenvalue weighted by Gasteiger charge is -2.12. The largest absolute Gasteiger partial charge is 0.497 e. The molecule has 1 amide bonds. The zero-order valence-electron chi connectivity index (χ0n) is 18.1. The zero-order chi connectivity index (χ0) is 22.7. The van der Waals surface area contributed by atoms with E-state index in [9.17, 15) is 4.79 Å². The van der Waals surface area contributed by atoms with E-state index < -0.39 is 0 Å². The first-order valence-corrected chi connectivity index (χ1v) is 9.84. The Kier molecular flexibility index (Phi) is 5.89. The quantitative estimate of drug-likeness (QED) is 0.460. The summed E-state index contributed by atoms with van der Waals surface area (Å²) in [5.74, 6) is 3.00. The summed E-state index contributed by atoms with van der Waals surface area (Å²) in [4.78, 5) is 21.2. The first kappa shape index (κ1) is 21.1. The second-order valence-corrected chi connectivity index (χ2v) is 7.05. The highest BCUT2D eigenvalue weighted by Gasteiger charge is 2.16. The Labute approximate surface area is 184 Å². The fourth-order valence-corrected chi connectivity index (χ4v) is 3.13. The van der Waals surface area contributed by atoms with Gasteiger partial charge in [-0.15, -0.1) is 0 Å². The number of amides is 1. The van der Waals surface area contributed by atoms with Crippen molar-refractivity contribution in [3.05, 3.63) is 59.7 Å². The number of benzene rings is 1. The number of nitrogens with one attached hydrogen (secondary N) is 1. The maximum Gasteiger partial charge on any atom is 0.231 e. The lowest BCUT2D eigenvalue weighted by atomic mass is 10.2. The molecule has 0 spiro atoms. The molecule has 32 heavy (non-hydrogen) atoms. The summed E-state index contributed by atoms with van der Waals surface area (Å²) in [6.07, 6.45) is 3.22. The number of carbonyl (C=O) groups is 1. The highest BCUT2D eigenvalue weighted by atomic mass is 16.5. The zero-order valence-corrected chi connectivity index (χ0v) is 18.1. The Balaban J connectivity index is 1.53. The van der Waals surface area contributed by atoms with Gasteiger partial charge in [0.25, 0.3) is 0 Å². The van der Waals surface area contributed by atoms with E-state index in [1.165, 1.54) is 7.11 Å². The molecule has 164 valence electrons. The molecular formula is C23H22N4O5. The molecular weight excluding hydrogens is 412 g/mol. The number of nitrogens with zero attached hydrogens (tertiary/aromatic N) is 3. The van der Waals surface area contributed by atoms with Crippen LogP contribution in [0.15, 0.2) is 47.2 Å². The number of ether oxygens (including phenoxy) is 3. The van der Waals surface area contributed by atoms with Gasteiger partial charge in [-0.2, -0.15) is 0 Å². The van der Waals surface area contributed by atoms with Gasteiger partial charge in [0.1, 0.15) is 28.8 Å². The van der Waals surface area contributed by atoms with Crippen LogP contribution in [-0.4, -0.2) is 35.3 Å². The summed E-state index contributed by atoms with van der Waals surface area (Å²) in [5, 5.41) is 7.40. The molecule has 4 aromatic rings. The van der Waals surface area contributed by atoms with Crippen LogP contribution in [0.4, 0.5) is 5.82 Å². The smallest absolute Gasteiger partial charge is 0.231 e. The molecule has 1 N–H and O–H groups in total. The van der Waals surface area contributed by atoms with Gasteiger partial charge in [-0.3, -0.25) is 14.8 Å². The highest BCUT2D eigenvalue weighted by molar-refractivity contribution is 5.92. The molecule has 0 aliphatic heterocycles. The van der Waals surface area contributed by atoms with Crippen LogP contribution in [0.1, 0.15) is 17.0 Å². The molecule has 0 saturated heterocycles. The molecule has 0 fully saturated rings. The third kappa shape index (κ3) is 4.31. The van der Waals surface area contributed by atoms with Crippen LogP contribution in [-0.2, 0) is 11.2 Å². The van der Waals surface area contributed by atoms with E-state index in [4.69, 9.17) is 18.7 Å². The standard InChI is InChI=1S/C23H22N4O5/c1-13-14(2)32-27-23(13)26-22(28)11-19-21(30-4)10-16(12-25-19)31-20-7-8-24-18-9-15(29-3)5-6-17(18)20/h5-10,12H,11H2,1-4H3,(H,26,27,28). The van der Waals surface area contributed by atoms with E-state index in [-0.39, 0.29) is 12.3 Å².